The Labute approximate surface area is 171 Å². The molecule has 2 aromatic heterocycles. The second-order valence-electron chi connectivity index (χ2n) is 6.06. The largest absolute Gasteiger partial charge is 0.434 e. The molecule has 0 bridgehead atoms. The maximum atomic E-state index is 12.7. The molecule has 0 saturated heterocycles. The quantitative estimate of drug-likeness (QED) is 0.605. The van der Waals surface area contributed by atoms with Crippen LogP contribution < -0.4 is 10.9 Å². The zero-order valence-electron chi connectivity index (χ0n) is 15.0. The topological polar surface area (TPSA) is 91.0 Å². The standard InChI is InChI=1S/C17H15ClF3N5O2S/c1-2-5-26(16(28)25-15-23-12(8-29-15)17(19,20)21)7-13-22-11-6-9(18)3-4-10(11)14(27)24-13/h3-4,6,8H,2,5,7H2,1H3,(H,22,24,27)(H,23,25,28). The number of alkyl halides is 3. The summed E-state index contributed by atoms with van der Waals surface area (Å²) in [4.78, 5) is 36.4. The highest BCUT2D eigenvalue weighted by atomic mass is 35.5. The van der Waals surface area contributed by atoms with E-state index in [2.05, 4.69) is 20.3 Å². The molecule has 0 fully saturated rings. The van der Waals surface area contributed by atoms with E-state index in [1.807, 2.05) is 6.92 Å². The first-order valence-corrected chi connectivity index (χ1v) is 9.70. The van der Waals surface area contributed by atoms with Gasteiger partial charge in [-0.05, 0) is 24.6 Å². The summed E-state index contributed by atoms with van der Waals surface area (Å²) >= 11 is 6.62. The van der Waals surface area contributed by atoms with E-state index in [-0.39, 0.29) is 23.1 Å². The van der Waals surface area contributed by atoms with Crippen molar-refractivity contribution in [3.05, 3.63) is 50.5 Å². The Hall–Kier alpha value is -2.66. The number of urea groups is 1. The van der Waals surface area contributed by atoms with E-state index >= 15 is 0 Å². The zero-order valence-corrected chi connectivity index (χ0v) is 16.6. The van der Waals surface area contributed by atoms with Gasteiger partial charge < -0.3 is 9.88 Å². The van der Waals surface area contributed by atoms with Crippen molar-refractivity contribution in [2.75, 3.05) is 11.9 Å². The van der Waals surface area contributed by atoms with Gasteiger partial charge in [0, 0.05) is 16.9 Å². The number of fused-ring (bicyclic) bond motifs is 1. The number of aromatic nitrogens is 3. The third kappa shape index (κ3) is 5.04. The number of rotatable bonds is 5. The van der Waals surface area contributed by atoms with Gasteiger partial charge in [-0.3, -0.25) is 10.1 Å². The Kier molecular flexibility index (Phi) is 6.08. The van der Waals surface area contributed by atoms with E-state index in [0.717, 1.165) is 5.38 Å². The normalized spacial score (nSPS) is 11.6. The minimum absolute atomic E-state index is 0.0468. The van der Waals surface area contributed by atoms with Crippen molar-refractivity contribution in [2.45, 2.75) is 26.1 Å². The number of hydrogen-bond donors (Lipinski definition) is 2. The average Bonchev–Trinajstić information content (AvgIpc) is 3.10. The van der Waals surface area contributed by atoms with Crippen LogP contribution in [-0.4, -0.2) is 32.4 Å². The molecule has 2 heterocycles. The van der Waals surface area contributed by atoms with Crippen LogP contribution in [0.4, 0.5) is 23.1 Å². The van der Waals surface area contributed by atoms with E-state index < -0.39 is 17.9 Å². The Morgan fingerprint density at radius 3 is 2.76 bits per heavy atom. The van der Waals surface area contributed by atoms with Gasteiger partial charge in [0.15, 0.2) is 10.8 Å². The molecule has 0 saturated carbocycles. The van der Waals surface area contributed by atoms with Crippen LogP contribution in [0.15, 0.2) is 28.4 Å². The number of thiazole rings is 1. The molecular weight excluding hydrogens is 431 g/mol. The summed E-state index contributed by atoms with van der Waals surface area (Å²) in [5.74, 6) is 0.225. The zero-order chi connectivity index (χ0) is 21.2. The highest BCUT2D eigenvalue weighted by Crippen LogP contribution is 2.31. The third-order valence-corrected chi connectivity index (χ3v) is 4.84. The molecule has 0 atom stereocenters. The summed E-state index contributed by atoms with van der Waals surface area (Å²) in [6.45, 7) is 2.08. The lowest BCUT2D eigenvalue weighted by Crippen LogP contribution is -2.36. The molecule has 0 spiro atoms. The molecule has 12 heteroatoms. The average molecular weight is 446 g/mol. The highest BCUT2D eigenvalue weighted by Gasteiger charge is 2.34. The lowest BCUT2D eigenvalue weighted by molar-refractivity contribution is -0.140. The molecule has 154 valence electrons. The molecule has 2 amide bonds. The fourth-order valence-electron chi connectivity index (χ4n) is 2.57. The van der Waals surface area contributed by atoms with E-state index in [1.165, 1.54) is 11.0 Å². The monoisotopic (exact) mass is 445 g/mol. The van der Waals surface area contributed by atoms with Crippen molar-refractivity contribution in [1.29, 1.82) is 0 Å². The third-order valence-electron chi connectivity index (χ3n) is 3.85. The molecule has 0 unspecified atom stereocenters. The number of aromatic amines is 1. The fourth-order valence-corrected chi connectivity index (χ4v) is 3.44. The number of carbonyl (C=O) groups is 1. The summed E-state index contributed by atoms with van der Waals surface area (Å²) in [5.41, 5.74) is -1.08. The van der Waals surface area contributed by atoms with Crippen LogP contribution in [0.1, 0.15) is 24.9 Å². The van der Waals surface area contributed by atoms with Crippen LogP contribution in [-0.2, 0) is 12.7 Å². The number of carbonyl (C=O) groups excluding carboxylic acids is 1. The maximum absolute atomic E-state index is 12.7. The van der Waals surface area contributed by atoms with Crippen molar-refractivity contribution >= 4 is 45.0 Å². The lowest BCUT2D eigenvalue weighted by atomic mass is 10.2. The second-order valence-corrected chi connectivity index (χ2v) is 7.36. The first-order valence-electron chi connectivity index (χ1n) is 8.44. The van der Waals surface area contributed by atoms with Crippen molar-refractivity contribution in [1.82, 2.24) is 19.9 Å². The number of nitrogens with one attached hydrogen (secondary N) is 2. The van der Waals surface area contributed by atoms with E-state index in [9.17, 15) is 22.8 Å². The Balaban J connectivity index is 1.81. The van der Waals surface area contributed by atoms with Gasteiger partial charge in [-0.25, -0.2) is 14.8 Å². The van der Waals surface area contributed by atoms with Gasteiger partial charge >= 0.3 is 12.2 Å². The van der Waals surface area contributed by atoms with Crippen molar-refractivity contribution in [3.63, 3.8) is 0 Å². The number of anilines is 1. The molecule has 0 aliphatic rings. The molecular formula is C17H15ClF3N5O2S. The van der Waals surface area contributed by atoms with Gasteiger partial charge in [-0.15, -0.1) is 11.3 Å². The van der Waals surface area contributed by atoms with E-state index in [4.69, 9.17) is 11.6 Å². The van der Waals surface area contributed by atoms with Gasteiger partial charge in [-0.2, -0.15) is 13.2 Å². The van der Waals surface area contributed by atoms with Crippen LogP contribution in [0.3, 0.4) is 0 Å². The number of H-pyrrole nitrogens is 1. The lowest BCUT2D eigenvalue weighted by Gasteiger charge is -2.21. The SMILES string of the molecule is CCCN(Cc1nc2cc(Cl)ccc2c(=O)[nH]1)C(=O)Nc1nc(C(F)(F)F)cs1. The van der Waals surface area contributed by atoms with Gasteiger partial charge in [0.05, 0.1) is 17.4 Å². The predicted molar refractivity (Wildman–Crippen MR) is 104 cm³/mol. The maximum Gasteiger partial charge on any atom is 0.434 e. The molecule has 1 aromatic carbocycles. The fraction of sp³-hybridized carbons (Fsp3) is 0.294. The van der Waals surface area contributed by atoms with Gasteiger partial charge in [0.1, 0.15) is 5.82 Å². The van der Waals surface area contributed by atoms with Crippen molar-refractivity contribution in [2.24, 2.45) is 0 Å². The van der Waals surface area contributed by atoms with Gasteiger partial charge in [0.2, 0.25) is 0 Å². The summed E-state index contributed by atoms with van der Waals surface area (Å²) in [5, 5.41) is 3.77. The molecule has 2 N–H and O–H groups in total. The Morgan fingerprint density at radius 1 is 1.34 bits per heavy atom. The number of nitrogens with zero attached hydrogens (tertiary/aromatic N) is 3. The van der Waals surface area contributed by atoms with E-state index in [0.29, 0.717) is 40.2 Å². The summed E-state index contributed by atoms with van der Waals surface area (Å²) in [6, 6.07) is 4.00. The first-order chi connectivity index (χ1) is 13.7. The predicted octanol–water partition coefficient (Wildman–Crippen LogP) is 4.50. The molecule has 7 nitrogen and oxygen atoms in total. The summed E-state index contributed by atoms with van der Waals surface area (Å²) in [7, 11) is 0. The Morgan fingerprint density at radius 2 is 2.10 bits per heavy atom. The van der Waals surface area contributed by atoms with E-state index in [1.54, 1.807) is 12.1 Å². The molecule has 29 heavy (non-hydrogen) atoms. The molecule has 3 aromatic rings. The summed E-state index contributed by atoms with van der Waals surface area (Å²) in [6.07, 6.45) is -4.00. The smallest absolute Gasteiger partial charge is 0.317 e. The van der Waals surface area contributed by atoms with Crippen molar-refractivity contribution < 1.29 is 18.0 Å². The van der Waals surface area contributed by atoms with Crippen LogP contribution in [0, 0.1) is 0 Å². The molecule has 3 rings (SSSR count). The van der Waals surface area contributed by atoms with Gasteiger partial charge in [-0.1, -0.05) is 18.5 Å². The molecule has 0 aliphatic heterocycles. The van der Waals surface area contributed by atoms with Crippen LogP contribution in [0.5, 0.6) is 0 Å². The van der Waals surface area contributed by atoms with Gasteiger partial charge in [0.25, 0.3) is 5.56 Å². The molecule has 0 radical (unpaired) electrons. The number of halogens is 4. The minimum Gasteiger partial charge on any atom is -0.317 e. The van der Waals surface area contributed by atoms with Crippen LogP contribution in [0.25, 0.3) is 10.9 Å². The first kappa shape index (κ1) is 21.1. The summed E-state index contributed by atoms with van der Waals surface area (Å²) < 4.78 is 38.0. The highest BCUT2D eigenvalue weighted by molar-refractivity contribution is 7.13. The number of benzene rings is 1. The number of hydrogen-bond acceptors (Lipinski definition) is 5. The second kappa shape index (κ2) is 8.37. The van der Waals surface area contributed by atoms with Crippen molar-refractivity contribution in [3.8, 4) is 0 Å². The van der Waals surface area contributed by atoms with Crippen LogP contribution in [0.2, 0.25) is 5.02 Å². The number of amides is 2. The molecule has 0 aliphatic carbocycles. The Bertz CT molecular complexity index is 1100. The minimum atomic E-state index is -4.58. The van der Waals surface area contributed by atoms with Crippen LogP contribution >= 0.6 is 22.9 Å².